The summed E-state index contributed by atoms with van der Waals surface area (Å²) < 4.78 is 89.9. The molecule has 17 heavy (non-hydrogen) atoms. The van der Waals surface area contributed by atoms with Crippen molar-refractivity contribution >= 4 is 0 Å². The zero-order valence-electron chi connectivity index (χ0n) is 9.26. The Morgan fingerprint density at radius 2 is 1.53 bits per heavy atom. The summed E-state index contributed by atoms with van der Waals surface area (Å²) in [6, 6.07) is 0. The predicted octanol–water partition coefficient (Wildman–Crippen LogP) is 4.64. The Balaban J connectivity index is 5.01. The lowest BCUT2D eigenvalue weighted by atomic mass is 9.96. The van der Waals surface area contributed by atoms with E-state index < -0.39 is 36.8 Å². The van der Waals surface area contributed by atoms with E-state index in [1.54, 1.807) is 0 Å². The summed E-state index contributed by atoms with van der Waals surface area (Å²) in [6.45, 7) is 4.01. The van der Waals surface area contributed by atoms with Gasteiger partial charge >= 0.3 is 17.8 Å². The van der Waals surface area contributed by atoms with Crippen LogP contribution in [-0.4, -0.2) is 23.9 Å². The van der Waals surface area contributed by atoms with Gasteiger partial charge in [-0.15, -0.1) is 0 Å². The van der Waals surface area contributed by atoms with E-state index in [2.05, 4.69) is 6.92 Å². The van der Waals surface area contributed by atoms with E-state index in [0.29, 0.717) is 6.42 Å². The molecule has 0 spiro atoms. The van der Waals surface area contributed by atoms with Gasteiger partial charge in [0.2, 0.25) is 0 Å². The second-order valence-corrected chi connectivity index (χ2v) is 3.76. The van der Waals surface area contributed by atoms with Gasteiger partial charge in [0.05, 0.1) is 0 Å². The van der Waals surface area contributed by atoms with Crippen molar-refractivity contribution in [2.24, 2.45) is 0 Å². The smallest absolute Gasteiger partial charge is 0.241 e. The quantitative estimate of drug-likeness (QED) is 0.589. The molecule has 0 saturated carbocycles. The Bertz CT molecular complexity index is 237. The topological polar surface area (TPSA) is 0 Å². The van der Waals surface area contributed by atoms with Crippen LogP contribution >= 0.6 is 0 Å². The molecule has 0 bridgehead atoms. The van der Waals surface area contributed by atoms with E-state index in [1.165, 1.54) is 6.92 Å². The van der Waals surface area contributed by atoms with Crippen molar-refractivity contribution < 1.29 is 30.7 Å². The van der Waals surface area contributed by atoms with Crippen molar-refractivity contribution in [2.75, 3.05) is 0 Å². The van der Waals surface area contributed by atoms with Crippen molar-refractivity contribution in [3.05, 3.63) is 6.92 Å². The summed E-state index contributed by atoms with van der Waals surface area (Å²) in [6.07, 6.45) is -5.69. The van der Waals surface area contributed by atoms with Crippen LogP contribution in [0.2, 0.25) is 0 Å². The summed E-state index contributed by atoms with van der Waals surface area (Å²) >= 11 is 0. The van der Waals surface area contributed by atoms with Crippen molar-refractivity contribution in [1.82, 2.24) is 0 Å². The van der Waals surface area contributed by atoms with E-state index in [1.807, 2.05) is 0 Å². The molecule has 0 rings (SSSR count). The van der Waals surface area contributed by atoms with Crippen LogP contribution < -0.4 is 0 Å². The molecule has 0 nitrogen and oxygen atoms in total. The summed E-state index contributed by atoms with van der Waals surface area (Å²) in [5.41, 5.74) is 0. The molecule has 0 aromatic heterocycles. The molecular weight excluding hydrogens is 253 g/mol. The van der Waals surface area contributed by atoms with Gasteiger partial charge < -0.3 is 0 Å². The van der Waals surface area contributed by atoms with E-state index >= 15 is 0 Å². The Kier molecular flexibility index (Phi) is 5.28. The fourth-order valence-corrected chi connectivity index (χ4v) is 1.16. The number of unbranched alkanes of at least 4 members (excludes halogenated alkanes) is 1. The van der Waals surface area contributed by atoms with E-state index in [-0.39, 0.29) is 6.42 Å². The zero-order chi connectivity index (χ0) is 13.9. The first-order valence-corrected chi connectivity index (χ1v) is 5.11. The number of rotatable bonds is 7. The zero-order valence-corrected chi connectivity index (χ0v) is 9.26. The molecule has 1 unspecified atom stereocenters. The van der Waals surface area contributed by atoms with E-state index in [9.17, 15) is 30.7 Å². The second-order valence-electron chi connectivity index (χ2n) is 3.76. The molecule has 0 aliphatic heterocycles. The third-order valence-corrected chi connectivity index (χ3v) is 2.40. The highest BCUT2D eigenvalue weighted by molar-refractivity contribution is 5.00. The van der Waals surface area contributed by atoms with Gasteiger partial charge in [-0.05, 0) is 13.3 Å². The highest BCUT2D eigenvalue weighted by atomic mass is 19.3. The third kappa shape index (κ3) is 3.04. The fourth-order valence-electron chi connectivity index (χ4n) is 1.16. The van der Waals surface area contributed by atoms with Gasteiger partial charge in [-0.1, -0.05) is 19.8 Å². The molecule has 0 fully saturated rings. The van der Waals surface area contributed by atoms with Gasteiger partial charge in [-0.2, -0.15) is 26.3 Å². The lowest BCUT2D eigenvalue weighted by molar-refractivity contribution is -0.324. The highest BCUT2D eigenvalue weighted by Gasteiger charge is 2.73. The van der Waals surface area contributed by atoms with Gasteiger partial charge in [0.1, 0.15) is 0 Å². The second kappa shape index (κ2) is 5.44. The Morgan fingerprint density at radius 1 is 1.06 bits per heavy atom. The first-order chi connectivity index (χ1) is 7.54. The first kappa shape index (κ1) is 16.5. The van der Waals surface area contributed by atoms with E-state index in [4.69, 9.17) is 0 Å². The van der Waals surface area contributed by atoms with Crippen LogP contribution in [0.3, 0.4) is 0 Å². The minimum atomic E-state index is -5.74. The normalized spacial score (nSPS) is 16.1. The largest absolute Gasteiger partial charge is 0.374 e. The lowest BCUT2D eigenvalue weighted by Crippen LogP contribution is -2.58. The monoisotopic (exact) mass is 267 g/mol. The minimum absolute atomic E-state index is 0.0806. The summed E-state index contributed by atoms with van der Waals surface area (Å²) in [5.74, 6) is -16.2. The standard InChI is InChI=1S/C10H14F7/c1-3-5-6-7(11)9(14,15)10(16,17)8(12,13)4-2/h7H,2-6H2,1H3. The van der Waals surface area contributed by atoms with Crippen LogP contribution in [0.25, 0.3) is 0 Å². The Hall–Kier alpha value is -0.490. The average molecular weight is 267 g/mol. The molecule has 0 heterocycles. The van der Waals surface area contributed by atoms with Crippen LogP contribution in [0.4, 0.5) is 30.7 Å². The molecule has 103 valence electrons. The third-order valence-electron chi connectivity index (χ3n) is 2.40. The van der Waals surface area contributed by atoms with Crippen molar-refractivity contribution in [2.45, 2.75) is 56.5 Å². The number of alkyl halides is 7. The average Bonchev–Trinajstić information content (AvgIpc) is 2.24. The SMILES string of the molecule is [CH2]CC(F)(F)C(F)(F)C(F)(F)C(F)CCCC. The van der Waals surface area contributed by atoms with Crippen LogP contribution in [0, 0.1) is 6.92 Å². The van der Waals surface area contributed by atoms with Gasteiger partial charge in [0.25, 0.3) is 0 Å². The maximum absolute atomic E-state index is 13.0. The number of halogens is 7. The molecule has 1 atom stereocenters. The molecule has 0 saturated heterocycles. The van der Waals surface area contributed by atoms with Gasteiger partial charge in [-0.25, -0.2) is 4.39 Å². The summed E-state index contributed by atoms with van der Waals surface area (Å²) in [4.78, 5) is 0. The van der Waals surface area contributed by atoms with Crippen LogP contribution in [0.5, 0.6) is 0 Å². The Labute approximate surface area is 95.2 Å². The van der Waals surface area contributed by atoms with Gasteiger partial charge in [0.15, 0.2) is 6.17 Å². The number of hydrogen-bond donors (Lipinski definition) is 0. The highest BCUT2D eigenvalue weighted by Crippen LogP contribution is 2.50. The molecule has 1 radical (unpaired) electrons. The van der Waals surface area contributed by atoms with Crippen LogP contribution in [0.1, 0.15) is 32.6 Å². The van der Waals surface area contributed by atoms with Crippen molar-refractivity contribution in [3.63, 3.8) is 0 Å². The maximum atomic E-state index is 13.0. The Morgan fingerprint density at radius 3 is 1.88 bits per heavy atom. The summed E-state index contributed by atoms with van der Waals surface area (Å²) in [5, 5.41) is 0. The fraction of sp³-hybridized carbons (Fsp3) is 0.900. The molecule has 0 aromatic rings. The van der Waals surface area contributed by atoms with Gasteiger partial charge in [-0.3, -0.25) is 0 Å². The van der Waals surface area contributed by atoms with Crippen molar-refractivity contribution in [3.8, 4) is 0 Å². The lowest BCUT2D eigenvalue weighted by Gasteiger charge is -2.34. The first-order valence-electron chi connectivity index (χ1n) is 5.11. The number of hydrogen-bond acceptors (Lipinski definition) is 0. The van der Waals surface area contributed by atoms with Crippen molar-refractivity contribution in [1.29, 1.82) is 0 Å². The van der Waals surface area contributed by atoms with E-state index in [0.717, 1.165) is 0 Å². The minimum Gasteiger partial charge on any atom is -0.241 e. The van der Waals surface area contributed by atoms with Crippen LogP contribution in [0.15, 0.2) is 0 Å². The predicted molar refractivity (Wildman–Crippen MR) is 49.2 cm³/mol. The molecule has 0 amide bonds. The summed E-state index contributed by atoms with van der Waals surface area (Å²) in [7, 11) is 0. The molecule has 0 aliphatic carbocycles. The molecular formula is C10H14F7. The van der Waals surface area contributed by atoms with Crippen LogP contribution in [-0.2, 0) is 0 Å². The molecule has 0 aliphatic rings. The molecule has 0 N–H and O–H groups in total. The molecule has 7 heteroatoms. The van der Waals surface area contributed by atoms with Gasteiger partial charge in [0, 0.05) is 6.42 Å². The maximum Gasteiger partial charge on any atom is 0.374 e. The molecule has 0 aromatic carbocycles.